The summed E-state index contributed by atoms with van der Waals surface area (Å²) < 4.78 is 7.66. The van der Waals surface area contributed by atoms with E-state index in [1.54, 1.807) is 6.07 Å². The first kappa shape index (κ1) is 21.0. The van der Waals surface area contributed by atoms with Gasteiger partial charge in [0, 0.05) is 20.2 Å². The molecule has 2 atom stereocenters. The largest absolute Gasteiger partial charge is 0.504 e. The average Bonchev–Trinajstić information content (AvgIpc) is 2.76. The van der Waals surface area contributed by atoms with Crippen molar-refractivity contribution < 1.29 is 9.84 Å². The Kier molecular flexibility index (Phi) is 6.46. The lowest BCUT2D eigenvalue weighted by atomic mass is 9.97. The van der Waals surface area contributed by atoms with Crippen LogP contribution >= 0.6 is 31.9 Å². The second-order valence-corrected chi connectivity index (χ2v) is 8.82. The molecule has 3 N–H and O–H groups in total. The Morgan fingerprint density at radius 2 is 1.60 bits per heavy atom. The fraction of sp³-hybridized carbons (Fsp3) is 0.167. The summed E-state index contributed by atoms with van der Waals surface area (Å²) in [4.78, 5) is 0. The Bertz CT molecular complexity index is 1050. The zero-order valence-corrected chi connectivity index (χ0v) is 19.6. The quantitative estimate of drug-likeness (QED) is 0.363. The van der Waals surface area contributed by atoms with Gasteiger partial charge >= 0.3 is 0 Å². The van der Waals surface area contributed by atoms with Crippen molar-refractivity contribution in [2.24, 2.45) is 0 Å². The van der Waals surface area contributed by atoms with Gasteiger partial charge in [-0.25, -0.2) is 0 Å². The van der Waals surface area contributed by atoms with E-state index in [1.807, 2.05) is 43.3 Å². The van der Waals surface area contributed by atoms with Crippen LogP contribution in [0.3, 0.4) is 0 Å². The van der Waals surface area contributed by atoms with Crippen molar-refractivity contribution in [3.63, 3.8) is 0 Å². The van der Waals surface area contributed by atoms with Crippen molar-refractivity contribution in [1.82, 2.24) is 10.6 Å². The van der Waals surface area contributed by atoms with Crippen molar-refractivity contribution in [3.05, 3.63) is 98.4 Å². The Hall–Kier alpha value is -2.28. The molecule has 3 aromatic carbocycles. The van der Waals surface area contributed by atoms with Crippen molar-refractivity contribution in [2.75, 3.05) is 6.61 Å². The van der Waals surface area contributed by atoms with Gasteiger partial charge in [0.05, 0.1) is 12.6 Å². The predicted molar refractivity (Wildman–Crippen MR) is 127 cm³/mol. The van der Waals surface area contributed by atoms with E-state index in [-0.39, 0.29) is 18.0 Å². The van der Waals surface area contributed by atoms with Crippen molar-refractivity contribution >= 4 is 37.6 Å². The molecule has 0 fully saturated rings. The van der Waals surface area contributed by atoms with Crippen LogP contribution in [0.25, 0.3) is 5.70 Å². The number of benzene rings is 3. The van der Waals surface area contributed by atoms with Gasteiger partial charge in [0.15, 0.2) is 11.5 Å². The molecule has 3 aromatic rings. The van der Waals surface area contributed by atoms with Crippen molar-refractivity contribution in [1.29, 1.82) is 0 Å². The molecule has 0 radical (unpaired) electrons. The molecule has 6 heteroatoms. The lowest BCUT2D eigenvalue weighted by Crippen LogP contribution is -2.39. The Balaban J connectivity index is 1.75. The lowest BCUT2D eigenvalue weighted by molar-refractivity contribution is 0.314. The summed E-state index contributed by atoms with van der Waals surface area (Å²) in [6.07, 6.45) is 1.98. The van der Waals surface area contributed by atoms with Crippen LogP contribution in [-0.4, -0.2) is 11.7 Å². The number of phenols is 1. The molecule has 0 spiro atoms. The number of phenolic OH excluding ortho intramolecular Hbond substituents is 1. The van der Waals surface area contributed by atoms with Crippen LogP contribution in [0.15, 0.2) is 81.8 Å². The molecule has 0 aliphatic carbocycles. The molecule has 0 bridgehead atoms. The number of hydrogen-bond acceptors (Lipinski definition) is 4. The number of hydrogen-bond donors (Lipinski definition) is 3. The molecule has 4 rings (SSSR count). The maximum absolute atomic E-state index is 10.8. The molecule has 0 aromatic heterocycles. The second kappa shape index (κ2) is 9.25. The van der Waals surface area contributed by atoms with Gasteiger partial charge in [0.25, 0.3) is 0 Å². The molecule has 154 valence electrons. The van der Waals surface area contributed by atoms with E-state index in [0.717, 1.165) is 31.3 Å². The lowest BCUT2D eigenvalue weighted by Gasteiger charge is -2.33. The van der Waals surface area contributed by atoms with Crippen LogP contribution in [0.2, 0.25) is 0 Å². The fourth-order valence-corrected chi connectivity index (χ4v) is 4.05. The summed E-state index contributed by atoms with van der Waals surface area (Å²) in [6.45, 7) is 2.40. The van der Waals surface area contributed by atoms with Gasteiger partial charge in [-0.2, -0.15) is 0 Å². The van der Waals surface area contributed by atoms with Gasteiger partial charge in [0.1, 0.15) is 6.17 Å². The summed E-state index contributed by atoms with van der Waals surface area (Å²) in [7, 11) is 0. The molecule has 0 amide bonds. The van der Waals surface area contributed by atoms with E-state index >= 15 is 0 Å². The third-order valence-electron chi connectivity index (χ3n) is 5.00. The Labute approximate surface area is 193 Å². The molecule has 1 heterocycles. The van der Waals surface area contributed by atoms with Crippen LogP contribution in [0.5, 0.6) is 11.5 Å². The first-order valence-electron chi connectivity index (χ1n) is 9.75. The normalized spacial score (nSPS) is 18.4. The van der Waals surface area contributed by atoms with Crippen LogP contribution < -0.4 is 15.4 Å². The van der Waals surface area contributed by atoms with Gasteiger partial charge < -0.3 is 15.2 Å². The third kappa shape index (κ3) is 4.56. The zero-order chi connectivity index (χ0) is 21.1. The number of nitrogens with one attached hydrogen (secondary N) is 2. The zero-order valence-electron chi connectivity index (χ0n) is 16.4. The number of para-hydroxylation sites is 1. The van der Waals surface area contributed by atoms with Crippen LogP contribution in [0, 0.1) is 0 Å². The predicted octanol–water partition coefficient (Wildman–Crippen LogP) is 6.29. The highest BCUT2D eigenvalue weighted by molar-refractivity contribution is 9.10. The number of aromatic hydroxyl groups is 1. The Morgan fingerprint density at radius 1 is 0.933 bits per heavy atom. The molecule has 1 aliphatic rings. The molecule has 0 saturated carbocycles. The van der Waals surface area contributed by atoms with Gasteiger partial charge in [-0.1, -0.05) is 68.3 Å². The molecule has 2 unspecified atom stereocenters. The molecule has 4 nitrogen and oxygen atoms in total. The summed E-state index contributed by atoms with van der Waals surface area (Å²) in [5, 5.41) is 18.0. The maximum atomic E-state index is 10.8. The number of ether oxygens (including phenoxy) is 1. The van der Waals surface area contributed by atoms with E-state index in [4.69, 9.17) is 4.74 Å². The fourth-order valence-electron chi connectivity index (χ4n) is 3.53. The first-order chi connectivity index (χ1) is 14.5. The third-order valence-corrected chi connectivity index (χ3v) is 6.06. The van der Waals surface area contributed by atoms with Gasteiger partial charge in [-0.05, 0) is 54.5 Å². The minimum absolute atomic E-state index is 0.123. The highest BCUT2D eigenvalue weighted by atomic mass is 79.9. The topological polar surface area (TPSA) is 53.5 Å². The average molecular weight is 530 g/mol. The number of halogens is 2. The standard InChI is InChI=1S/C24H22Br2N2O2/c1-2-30-22-5-3-4-19(23(22)29)21-14-20(15-6-10-17(25)11-7-15)27-24(28-21)16-8-12-18(26)13-9-16/h3-14,21,24,27-29H,2H2,1H3. The van der Waals surface area contributed by atoms with E-state index < -0.39 is 0 Å². The van der Waals surface area contributed by atoms with Crippen LogP contribution in [0.4, 0.5) is 0 Å². The number of rotatable bonds is 5. The van der Waals surface area contributed by atoms with Crippen LogP contribution in [0.1, 0.15) is 35.8 Å². The van der Waals surface area contributed by atoms with Gasteiger partial charge in [-0.15, -0.1) is 0 Å². The smallest absolute Gasteiger partial charge is 0.162 e. The van der Waals surface area contributed by atoms with E-state index in [9.17, 15) is 5.11 Å². The highest BCUT2D eigenvalue weighted by Gasteiger charge is 2.26. The monoisotopic (exact) mass is 528 g/mol. The molecule has 30 heavy (non-hydrogen) atoms. The molecule has 1 aliphatic heterocycles. The van der Waals surface area contributed by atoms with Crippen molar-refractivity contribution in [2.45, 2.75) is 19.1 Å². The SMILES string of the molecule is CCOc1cccc(C2C=C(c3ccc(Br)cc3)NC(c3ccc(Br)cc3)N2)c1O. The minimum atomic E-state index is -0.195. The highest BCUT2D eigenvalue weighted by Crippen LogP contribution is 2.38. The van der Waals surface area contributed by atoms with E-state index in [1.165, 1.54) is 0 Å². The molecular formula is C24H22Br2N2O2. The summed E-state index contributed by atoms with van der Waals surface area (Å²) in [5.74, 6) is 0.661. The van der Waals surface area contributed by atoms with E-state index in [2.05, 4.69) is 72.8 Å². The van der Waals surface area contributed by atoms with Gasteiger partial charge in [0.2, 0.25) is 0 Å². The van der Waals surface area contributed by atoms with E-state index in [0.29, 0.717) is 12.4 Å². The van der Waals surface area contributed by atoms with Crippen LogP contribution in [-0.2, 0) is 0 Å². The summed E-state index contributed by atoms with van der Waals surface area (Å²) in [5.41, 5.74) is 3.96. The maximum Gasteiger partial charge on any atom is 0.162 e. The second-order valence-electron chi connectivity index (χ2n) is 6.99. The first-order valence-corrected chi connectivity index (χ1v) is 11.3. The molecular weight excluding hydrogens is 508 g/mol. The van der Waals surface area contributed by atoms with Gasteiger partial charge in [-0.3, -0.25) is 5.32 Å². The Morgan fingerprint density at radius 3 is 2.27 bits per heavy atom. The minimum Gasteiger partial charge on any atom is -0.504 e. The van der Waals surface area contributed by atoms with Crippen molar-refractivity contribution in [3.8, 4) is 11.5 Å². The summed E-state index contributed by atoms with van der Waals surface area (Å²) in [6, 6.07) is 21.8. The summed E-state index contributed by atoms with van der Waals surface area (Å²) >= 11 is 7.00. The molecule has 0 saturated heterocycles.